The van der Waals surface area contributed by atoms with E-state index in [1.54, 1.807) is 17.4 Å². The number of likely N-dealkylation sites (N-methyl/N-ethyl adjacent to an activating group) is 1. The number of aromatic nitrogens is 1. The van der Waals surface area contributed by atoms with Gasteiger partial charge in [-0.3, -0.25) is 4.79 Å². The monoisotopic (exact) mass is 358 g/mol. The van der Waals surface area contributed by atoms with E-state index >= 15 is 0 Å². The molecule has 0 unspecified atom stereocenters. The van der Waals surface area contributed by atoms with E-state index in [9.17, 15) is 4.79 Å². The summed E-state index contributed by atoms with van der Waals surface area (Å²) in [6.45, 7) is 8.16. The molecule has 25 heavy (non-hydrogen) atoms. The summed E-state index contributed by atoms with van der Waals surface area (Å²) in [4.78, 5) is 18.4. The third kappa shape index (κ3) is 6.35. The number of aryl methyl sites for hydroxylation is 1. The third-order valence-electron chi connectivity index (χ3n) is 3.83. The molecule has 0 atom stereocenters. The van der Waals surface area contributed by atoms with Crippen LogP contribution in [0.5, 0.6) is 5.75 Å². The normalized spacial score (nSPS) is 11.0. The molecular formula is C20H26N2O2S. The molecule has 1 heterocycles. The smallest absolute Gasteiger partial charge is 0.246 e. The van der Waals surface area contributed by atoms with Crippen molar-refractivity contribution < 1.29 is 9.53 Å². The highest BCUT2D eigenvalue weighted by Gasteiger charge is 2.07. The number of ether oxygens (including phenoxy) is 1. The molecule has 0 aliphatic carbocycles. The van der Waals surface area contributed by atoms with Crippen LogP contribution in [0.3, 0.4) is 0 Å². The lowest BCUT2D eigenvalue weighted by Crippen LogP contribution is -2.30. The zero-order valence-electron chi connectivity index (χ0n) is 15.2. The summed E-state index contributed by atoms with van der Waals surface area (Å²) in [5.74, 6) is 0.863. The molecule has 0 radical (unpaired) electrons. The Morgan fingerprint density at radius 1 is 1.28 bits per heavy atom. The Morgan fingerprint density at radius 3 is 2.64 bits per heavy atom. The first kappa shape index (κ1) is 19.2. The van der Waals surface area contributed by atoms with Gasteiger partial charge in [-0.25, -0.2) is 4.98 Å². The van der Waals surface area contributed by atoms with Gasteiger partial charge in [0.25, 0.3) is 0 Å². The van der Waals surface area contributed by atoms with Crippen molar-refractivity contribution in [3.05, 3.63) is 52.0 Å². The molecule has 2 aromatic rings. The van der Waals surface area contributed by atoms with Crippen LogP contribution in [-0.4, -0.2) is 28.9 Å². The molecule has 0 bridgehead atoms. The van der Waals surface area contributed by atoms with Crippen LogP contribution in [-0.2, 0) is 11.4 Å². The Labute approximate surface area is 154 Å². The number of benzene rings is 1. The van der Waals surface area contributed by atoms with Gasteiger partial charge in [0.2, 0.25) is 5.91 Å². The second kappa shape index (κ2) is 9.99. The molecule has 5 heteroatoms. The van der Waals surface area contributed by atoms with Crippen molar-refractivity contribution in [3.8, 4) is 5.75 Å². The first-order valence-electron chi connectivity index (χ1n) is 8.73. The molecule has 2 rings (SSSR count). The van der Waals surface area contributed by atoms with Crippen LogP contribution in [0, 0.1) is 6.92 Å². The summed E-state index contributed by atoms with van der Waals surface area (Å²) in [6.07, 6.45) is 5.63. The fourth-order valence-electron chi connectivity index (χ4n) is 2.35. The zero-order valence-corrected chi connectivity index (χ0v) is 16.0. The maximum Gasteiger partial charge on any atom is 0.246 e. The highest BCUT2D eigenvalue weighted by molar-refractivity contribution is 7.09. The number of amides is 1. The lowest BCUT2D eigenvalue weighted by atomic mass is 10.2. The fraction of sp³-hybridized carbons (Fsp3) is 0.400. The Morgan fingerprint density at radius 2 is 2.04 bits per heavy atom. The quantitative estimate of drug-likeness (QED) is 0.611. The molecule has 0 fully saturated rings. The SMILES string of the molecule is CCCCN(CC)C(=O)/C=C/c1ccc(OCc2csc(C)n2)cc1. The molecule has 0 saturated heterocycles. The molecular weight excluding hydrogens is 332 g/mol. The first-order valence-corrected chi connectivity index (χ1v) is 9.61. The van der Waals surface area contributed by atoms with Crippen LogP contribution in [0.1, 0.15) is 43.0 Å². The van der Waals surface area contributed by atoms with Crippen LogP contribution in [0.25, 0.3) is 6.08 Å². The van der Waals surface area contributed by atoms with Gasteiger partial charge in [-0.15, -0.1) is 11.3 Å². The number of nitrogens with zero attached hydrogens (tertiary/aromatic N) is 2. The summed E-state index contributed by atoms with van der Waals surface area (Å²) in [6, 6.07) is 7.73. The van der Waals surface area contributed by atoms with Crippen LogP contribution in [0.2, 0.25) is 0 Å². The second-order valence-electron chi connectivity index (χ2n) is 5.82. The Hall–Kier alpha value is -2.14. The van der Waals surface area contributed by atoms with Gasteiger partial charge in [0.05, 0.1) is 10.7 Å². The van der Waals surface area contributed by atoms with Crippen molar-refractivity contribution >= 4 is 23.3 Å². The Kier molecular flexibility index (Phi) is 7.67. The van der Waals surface area contributed by atoms with E-state index in [0.717, 1.165) is 47.9 Å². The molecule has 4 nitrogen and oxygen atoms in total. The largest absolute Gasteiger partial charge is 0.487 e. The molecule has 0 aliphatic rings. The van der Waals surface area contributed by atoms with E-state index in [-0.39, 0.29) is 5.91 Å². The summed E-state index contributed by atoms with van der Waals surface area (Å²) in [5, 5.41) is 3.06. The van der Waals surface area contributed by atoms with Crippen molar-refractivity contribution in [2.75, 3.05) is 13.1 Å². The Bertz CT molecular complexity index is 692. The molecule has 0 spiro atoms. The zero-order chi connectivity index (χ0) is 18.1. The van der Waals surface area contributed by atoms with E-state index in [1.165, 1.54) is 0 Å². The van der Waals surface area contributed by atoms with Gasteiger partial charge in [-0.2, -0.15) is 0 Å². The van der Waals surface area contributed by atoms with E-state index in [1.807, 2.05) is 54.5 Å². The van der Waals surface area contributed by atoms with E-state index in [2.05, 4.69) is 11.9 Å². The highest BCUT2D eigenvalue weighted by Crippen LogP contribution is 2.16. The molecule has 1 aromatic carbocycles. The average Bonchev–Trinajstić information content (AvgIpc) is 3.05. The minimum atomic E-state index is 0.0650. The van der Waals surface area contributed by atoms with Gasteiger partial charge in [0.15, 0.2) is 0 Å². The highest BCUT2D eigenvalue weighted by atomic mass is 32.1. The summed E-state index contributed by atoms with van der Waals surface area (Å²) in [7, 11) is 0. The van der Waals surface area contributed by atoms with Gasteiger partial charge in [-0.1, -0.05) is 25.5 Å². The van der Waals surface area contributed by atoms with E-state index < -0.39 is 0 Å². The summed E-state index contributed by atoms with van der Waals surface area (Å²) >= 11 is 1.62. The van der Waals surface area contributed by atoms with E-state index in [0.29, 0.717) is 6.61 Å². The third-order valence-corrected chi connectivity index (χ3v) is 4.65. The number of rotatable bonds is 9. The second-order valence-corrected chi connectivity index (χ2v) is 6.88. The first-order chi connectivity index (χ1) is 12.1. The topological polar surface area (TPSA) is 42.4 Å². The predicted molar refractivity (Wildman–Crippen MR) is 104 cm³/mol. The molecule has 134 valence electrons. The number of hydrogen-bond acceptors (Lipinski definition) is 4. The van der Waals surface area contributed by atoms with Gasteiger partial charge >= 0.3 is 0 Å². The van der Waals surface area contributed by atoms with E-state index in [4.69, 9.17) is 4.74 Å². The predicted octanol–water partition coefficient (Wildman–Crippen LogP) is 4.69. The lowest BCUT2D eigenvalue weighted by Gasteiger charge is -2.18. The minimum absolute atomic E-state index is 0.0650. The van der Waals surface area contributed by atoms with Gasteiger partial charge in [0, 0.05) is 24.5 Å². The Balaban J connectivity index is 1.87. The van der Waals surface area contributed by atoms with Crippen molar-refractivity contribution in [3.63, 3.8) is 0 Å². The average molecular weight is 359 g/mol. The number of unbranched alkanes of at least 4 members (excludes halogenated alkanes) is 1. The number of carbonyl (C=O) groups excluding carboxylic acids is 1. The molecule has 1 amide bonds. The summed E-state index contributed by atoms with van der Waals surface area (Å²) in [5.41, 5.74) is 1.93. The van der Waals surface area contributed by atoms with Crippen LogP contribution in [0.15, 0.2) is 35.7 Å². The standard InChI is InChI=1S/C20H26N2O2S/c1-4-6-13-22(5-2)20(23)12-9-17-7-10-19(11-8-17)24-14-18-15-25-16(3)21-18/h7-12,15H,4-6,13-14H2,1-3H3/b12-9+. The minimum Gasteiger partial charge on any atom is -0.487 e. The van der Waals surface area contributed by atoms with Crippen LogP contribution in [0.4, 0.5) is 0 Å². The van der Waals surface area contributed by atoms with Crippen molar-refractivity contribution in [2.24, 2.45) is 0 Å². The van der Waals surface area contributed by atoms with Crippen LogP contribution < -0.4 is 4.74 Å². The van der Waals surface area contributed by atoms with Crippen molar-refractivity contribution in [1.29, 1.82) is 0 Å². The number of hydrogen-bond donors (Lipinski definition) is 0. The van der Waals surface area contributed by atoms with Crippen molar-refractivity contribution in [1.82, 2.24) is 9.88 Å². The van der Waals surface area contributed by atoms with Gasteiger partial charge in [-0.05, 0) is 44.0 Å². The number of carbonyl (C=O) groups is 1. The fourth-order valence-corrected chi connectivity index (χ4v) is 2.95. The molecule has 1 aromatic heterocycles. The van der Waals surface area contributed by atoms with Crippen LogP contribution >= 0.6 is 11.3 Å². The molecule has 0 aliphatic heterocycles. The van der Waals surface area contributed by atoms with Crippen molar-refractivity contribution in [2.45, 2.75) is 40.2 Å². The number of thiazole rings is 1. The summed E-state index contributed by atoms with van der Waals surface area (Å²) < 4.78 is 5.73. The lowest BCUT2D eigenvalue weighted by molar-refractivity contribution is -0.125. The maximum atomic E-state index is 12.2. The van der Waals surface area contributed by atoms with Gasteiger partial charge < -0.3 is 9.64 Å². The molecule has 0 N–H and O–H groups in total. The van der Waals surface area contributed by atoms with Gasteiger partial charge in [0.1, 0.15) is 12.4 Å². The maximum absolute atomic E-state index is 12.2. The molecule has 0 saturated carbocycles.